The lowest BCUT2D eigenvalue weighted by Gasteiger charge is -2.11. The Kier molecular flexibility index (Phi) is 6.39. The van der Waals surface area contributed by atoms with Crippen LogP contribution in [0.25, 0.3) is 16.5 Å². The molecule has 3 rings (SSSR count). The van der Waals surface area contributed by atoms with Gasteiger partial charge in [0, 0.05) is 11.6 Å². The Morgan fingerprint density at radius 2 is 1.93 bits per heavy atom. The van der Waals surface area contributed by atoms with Gasteiger partial charge in [0.05, 0.1) is 5.52 Å². The molecule has 0 aliphatic carbocycles. The number of hydrogen-bond acceptors (Lipinski definition) is 1. The zero-order valence-corrected chi connectivity index (χ0v) is 16.6. The maximum absolute atomic E-state index is 13.6. The van der Waals surface area contributed by atoms with Gasteiger partial charge in [0.15, 0.2) is 0 Å². The van der Waals surface area contributed by atoms with E-state index in [0.717, 1.165) is 43.0 Å². The number of aryl methyl sites for hydroxylation is 3. The topological polar surface area (TPSA) is 12.9 Å². The van der Waals surface area contributed by atoms with Crippen molar-refractivity contribution in [3.63, 3.8) is 0 Å². The molecule has 0 saturated carbocycles. The highest BCUT2D eigenvalue weighted by Crippen LogP contribution is 2.25. The predicted molar refractivity (Wildman–Crippen MR) is 113 cm³/mol. The van der Waals surface area contributed by atoms with Crippen LogP contribution < -0.4 is 0 Å². The van der Waals surface area contributed by atoms with Crippen molar-refractivity contribution in [3.8, 4) is 0 Å². The van der Waals surface area contributed by atoms with Crippen molar-refractivity contribution in [2.45, 2.75) is 52.9 Å². The number of nitrogens with zero attached hydrogens (tertiary/aromatic N) is 1. The van der Waals surface area contributed by atoms with E-state index in [4.69, 9.17) is 0 Å². The van der Waals surface area contributed by atoms with Gasteiger partial charge < -0.3 is 0 Å². The van der Waals surface area contributed by atoms with Crippen LogP contribution in [-0.2, 0) is 12.8 Å². The van der Waals surface area contributed by atoms with Gasteiger partial charge in [-0.3, -0.25) is 4.98 Å². The summed E-state index contributed by atoms with van der Waals surface area (Å²) in [6.45, 7) is 6.62. The average Bonchev–Trinajstić information content (AvgIpc) is 2.69. The SMILES string of the molecule is CC/C(=C\CCCc1ccnc2ccc(F)cc12)c1cc(CC)ccc1C. The van der Waals surface area contributed by atoms with Crippen molar-refractivity contribution < 1.29 is 4.39 Å². The third-order valence-electron chi connectivity index (χ3n) is 5.27. The Hall–Kier alpha value is -2.48. The lowest BCUT2D eigenvalue weighted by molar-refractivity contribution is 0.629. The molecular formula is C25H28FN. The minimum atomic E-state index is -0.198. The first-order valence-corrected chi connectivity index (χ1v) is 9.94. The zero-order chi connectivity index (χ0) is 19.2. The summed E-state index contributed by atoms with van der Waals surface area (Å²) in [4.78, 5) is 4.34. The van der Waals surface area contributed by atoms with Crippen LogP contribution in [0.3, 0.4) is 0 Å². The largest absolute Gasteiger partial charge is 0.256 e. The summed E-state index contributed by atoms with van der Waals surface area (Å²) in [5.74, 6) is -0.198. The molecule has 0 radical (unpaired) electrons. The molecule has 0 aliphatic rings. The highest BCUT2D eigenvalue weighted by Gasteiger charge is 2.06. The molecule has 0 bridgehead atoms. The van der Waals surface area contributed by atoms with Crippen LogP contribution in [0.2, 0.25) is 0 Å². The van der Waals surface area contributed by atoms with Crippen molar-refractivity contribution in [1.82, 2.24) is 4.98 Å². The van der Waals surface area contributed by atoms with Gasteiger partial charge in [-0.1, -0.05) is 38.1 Å². The Morgan fingerprint density at radius 3 is 2.70 bits per heavy atom. The quantitative estimate of drug-likeness (QED) is 0.410. The fraction of sp³-hybridized carbons (Fsp3) is 0.320. The first kappa shape index (κ1) is 19.3. The van der Waals surface area contributed by atoms with Crippen LogP contribution in [-0.4, -0.2) is 4.98 Å². The zero-order valence-electron chi connectivity index (χ0n) is 16.6. The minimum Gasteiger partial charge on any atom is -0.256 e. The summed E-state index contributed by atoms with van der Waals surface area (Å²) in [5.41, 5.74) is 7.58. The van der Waals surface area contributed by atoms with Crippen LogP contribution in [0.1, 0.15) is 55.4 Å². The summed E-state index contributed by atoms with van der Waals surface area (Å²) in [5, 5.41) is 0.934. The molecule has 1 nitrogen and oxygen atoms in total. The summed E-state index contributed by atoms with van der Waals surface area (Å²) in [6.07, 6.45) is 9.31. The van der Waals surface area contributed by atoms with E-state index in [-0.39, 0.29) is 5.82 Å². The van der Waals surface area contributed by atoms with Crippen molar-refractivity contribution in [1.29, 1.82) is 0 Å². The van der Waals surface area contributed by atoms with Crippen LogP contribution in [0.15, 0.2) is 54.7 Å². The normalized spacial score (nSPS) is 11.9. The van der Waals surface area contributed by atoms with E-state index in [1.54, 1.807) is 12.1 Å². The number of benzene rings is 2. The summed E-state index contributed by atoms with van der Waals surface area (Å²) in [7, 11) is 0. The van der Waals surface area contributed by atoms with E-state index >= 15 is 0 Å². The number of rotatable bonds is 7. The molecule has 0 N–H and O–H groups in total. The summed E-state index contributed by atoms with van der Waals surface area (Å²) in [6, 6.07) is 13.6. The van der Waals surface area contributed by atoms with Gasteiger partial charge >= 0.3 is 0 Å². The first-order valence-electron chi connectivity index (χ1n) is 9.94. The molecule has 0 unspecified atom stereocenters. The highest BCUT2D eigenvalue weighted by molar-refractivity contribution is 5.82. The van der Waals surface area contributed by atoms with Gasteiger partial charge in [0.25, 0.3) is 0 Å². The third kappa shape index (κ3) is 4.63. The number of hydrogen-bond donors (Lipinski definition) is 0. The summed E-state index contributed by atoms with van der Waals surface area (Å²) < 4.78 is 13.6. The number of allylic oxidation sites excluding steroid dienone is 2. The molecule has 3 aromatic rings. The molecule has 0 atom stereocenters. The van der Waals surface area contributed by atoms with Crippen LogP contribution in [0, 0.1) is 12.7 Å². The maximum Gasteiger partial charge on any atom is 0.123 e. The number of unbranched alkanes of at least 4 members (excludes halogenated alkanes) is 1. The Balaban J connectivity index is 1.72. The minimum absolute atomic E-state index is 0.198. The van der Waals surface area contributed by atoms with Crippen LogP contribution in [0.4, 0.5) is 4.39 Å². The van der Waals surface area contributed by atoms with E-state index < -0.39 is 0 Å². The van der Waals surface area contributed by atoms with Gasteiger partial charge in [-0.25, -0.2) is 4.39 Å². The van der Waals surface area contributed by atoms with E-state index in [1.807, 2.05) is 12.3 Å². The van der Waals surface area contributed by atoms with Gasteiger partial charge in [-0.2, -0.15) is 0 Å². The second-order valence-electron chi connectivity index (χ2n) is 7.11. The molecular weight excluding hydrogens is 333 g/mol. The maximum atomic E-state index is 13.6. The monoisotopic (exact) mass is 361 g/mol. The molecule has 1 heterocycles. The second-order valence-corrected chi connectivity index (χ2v) is 7.11. The van der Waals surface area contributed by atoms with E-state index in [2.05, 4.69) is 50.0 Å². The molecule has 0 spiro atoms. The van der Waals surface area contributed by atoms with Crippen molar-refractivity contribution >= 4 is 16.5 Å². The highest BCUT2D eigenvalue weighted by atomic mass is 19.1. The molecule has 0 aliphatic heterocycles. The fourth-order valence-electron chi connectivity index (χ4n) is 3.64. The number of fused-ring (bicyclic) bond motifs is 1. The molecule has 27 heavy (non-hydrogen) atoms. The fourth-order valence-corrected chi connectivity index (χ4v) is 3.64. The molecule has 1 aromatic heterocycles. The van der Waals surface area contributed by atoms with E-state index in [9.17, 15) is 4.39 Å². The van der Waals surface area contributed by atoms with Gasteiger partial charge in [-0.15, -0.1) is 0 Å². The Labute approximate surface area is 162 Å². The Morgan fingerprint density at radius 1 is 1.07 bits per heavy atom. The molecule has 2 heteroatoms. The smallest absolute Gasteiger partial charge is 0.123 e. The van der Waals surface area contributed by atoms with Crippen molar-refractivity contribution in [3.05, 3.63) is 82.8 Å². The second kappa shape index (κ2) is 8.94. The number of pyridine rings is 1. The summed E-state index contributed by atoms with van der Waals surface area (Å²) >= 11 is 0. The molecule has 140 valence electrons. The molecule has 0 fully saturated rings. The van der Waals surface area contributed by atoms with Gasteiger partial charge in [0.1, 0.15) is 5.82 Å². The predicted octanol–water partition coefficient (Wildman–Crippen LogP) is 7.06. The lowest BCUT2D eigenvalue weighted by atomic mass is 9.94. The Bertz CT molecular complexity index is 956. The standard InChI is InChI=1S/C25H28FN/c1-4-19-11-10-18(3)23(16-19)20(5-2)8-6-7-9-21-14-15-27-25-13-12-22(26)17-24(21)25/h8,10-17H,4-7,9H2,1-3H3/b20-8+. The van der Waals surface area contributed by atoms with Crippen molar-refractivity contribution in [2.24, 2.45) is 0 Å². The van der Waals surface area contributed by atoms with Crippen LogP contribution >= 0.6 is 0 Å². The molecule has 2 aromatic carbocycles. The van der Waals surface area contributed by atoms with E-state index in [0.29, 0.717) is 0 Å². The molecule has 0 amide bonds. The lowest BCUT2D eigenvalue weighted by Crippen LogP contribution is -1.93. The number of aromatic nitrogens is 1. The average molecular weight is 362 g/mol. The third-order valence-corrected chi connectivity index (χ3v) is 5.27. The van der Waals surface area contributed by atoms with Crippen LogP contribution in [0.5, 0.6) is 0 Å². The van der Waals surface area contributed by atoms with Gasteiger partial charge in [-0.05, 0) is 91.1 Å². The van der Waals surface area contributed by atoms with Crippen molar-refractivity contribution in [2.75, 3.05) is 0 Å². The number of halogens is 1. The first-order chi connectivity index (χ1) is 13.1. The van der Waals surface area contributed by atoms with E-state index in [1.165, 1.54) is 33.9 Å². The molecule has 0 saturated heterocycles. The van der Waals surface area contributed by atoms with Gasteiger partial charge in [0.2, 0.25) is 0 Å².